The van der Waals surface area contributed by atoms with E-state index >= 15 is 0 Å². The van der Waals surface area contributed by atoms with E-state index in [1.54, 1.807) is 44.4 Å². The smallest absolute Gasteiger partial charge is 0.380 e. The van der Waals surface area contributed by atoms with E-state index in [0.717, 1.165) is 24.3 Å². The van der Waals surface area contributed by atoms with Crippen molar-refractivity contribution in [2.45, 2.75) is 68.7 Å². The fourth-order valence-corrected chi connectivity index (χ4v) is 5.88. The first kappa shape index (κ1) is 21.7. The van der Waals surface area contributed by atoms with Crippen molar-refractivity contribution in [3.05, 3.63) is 47.2 Å². The zero-order chi connectivity index (χ0) is 22.6. The summed E-state index contributed by atoms with van der Waals surface area (Å²) in [6, 6.07) is 6.43. The Morgan fingerprint density at radius 3 is 2.56 bits per heavy atom. The van der Waals surface area contributed by atoms with Gasteiger partial charge in [0.2, 0.25) is 0 Å². The van der Waals surface area contributed by atoms with Crippen LogP contribution in [0.3, 0.4) is 0 Å². The summed E-state index contributed by atoms with van der Waals surface area (Å²) in [4.78, 5) is 13.6. The number of amides is 1. The molecule has 4 N–H and O–H groups in total. The van der Waals surface area contributed by atoms with Gasteiger partial charge < -0.3 is 10.1 Å². The maximum absolute atomic E-state index is 14.0. The number of halogens is 3. The van der Waals surface area contributed by atoms with Gasteiger partial charge in [0, 0.05) is 12.8 Å². The van der Waals surface area contributed by atoms with Crippen molar-refractivity contribution in [1.82, 2.24) is 26.6 Å². The maximum Gasteiger partial charge on any atom is 0.406 e. The van der Waals surface area contributed by atoms with E-state index in [0.29, 0.717) is 16.8 Å². The van der Waals surface area contributed by atoms with E-state index in [1.165, 1.54) is 0 Å². The number of hydrogen-bond acceptors (Lipinski definition) is 6. The molecule has 0 aromatic heterocycles. The topological polar surface area (TPSA) is 77.7 Å². The Hall–Kier alpha value is -2.14. The average Bonchev–Trinajstić information content (AvgIpc) is 3.36. The van der Waals surface area contributed by atoms with Crippen molar-refractivity contribution in [1.29, 1.82) is 0 Å². The second-order valence-electron chi connectivity index (χ2n) is 9.05. The molecular formula is C22H28F3N5O2. The summed E-state index contributed by atoms with van der Waals surface area (Å²) in [6.07, 6.45) is -2.48. The van der Waals surface area contributed by atoms with Crippen LogP contribution in [0.15, 0.2) is 41.6 Å². The first-order valence-corrected chi connectivity index (χ1v) is 11.0. The van der Waals surface area contributed by atoms with E-state index in [2.05, 4.69) is 21.6 Å². The van der Waals surface area contributed by atoms with Gasteiger partial charge in [0.25, 0.3) is 5.91 Å². The zero-order valence-corrected chi connectivity index (χ0v) is 17.9. The maximum atomic E-state index is 14.0. The molecule has 0 radical (unpaired) electrons. The van der Waals surface area contributed by atoms with E-state index in [4.69, 9.17) is 4.74 Å². The fourth-order valence-electron chi connectivity index (χ4n) is 5.88. The molecule has 0 spiro atoms. The lowest BCUT2D eigenvalue weighted by Gasteiger charge is -2.39. The van der Waals surface area contributed by atoms with Gasteiger partial charge in [0.15, 0.2) is 0 Å². The first-order valence-electron chi connectivity index (χ1n) is 11.0. The Morgan fingerprint density at radius 1 is 1.12 bits per heavy atom. The summed E-state index contributed by atoms with van der Waals surface area (Å²) in [6.45, 7) is 1.78. The predicted octanol–water partition coefficient (Wildman–Crippen LogP) is 1.91. The minimum absolute atomic E-state index is 0.0357. The molecule has 1 aliphatic carbocycles. The number of hydrogen-bond donors (Lipinski definition) is 4. The van der Waals surface area contributed by atoms with Crippen LogP contribution in [0.4, 0.5) is 13.2 Å². The highest BCUT2D eigenvalue weighted by atomic mass is 19.4. The lowest BCUT2D eigenvalue weighted by atomic mass is 9.77. The molecule has 3 fully saturated rings. The van der Waals surface area contributed by atoms with E-state index in [1.807, 2.05) is 0 Å². The highest BCUT2D eigenvalue weighted by Crippen LogP contribution is 2.43. The second kappa shape index (κ2) is 8.02. The quantitative estimate of drug-likeness (QED) is 0.563. The Morgan fingerprint density at radius 2 is 1.88 bits per heavy atom. The fraction of sp³-hybridized carbons (Fsp3) is 0.591. The molecule has 32 heavy (non-hydrogen) atoms. The molecule has 4 aliphatic rings. The number of hydrazine groups is 2. The van der Waals surface area contributed by atoms with Crippen molar-refractivity contribution in [2.24, 2.45) is 5.92 Å². The highest BCUT2D eigenvalue weighted by molar-refractivity contribution is 5.96. The summed E-state index contributed by atoms with van der Waals surface area (Å²) in [5, 5.41) is 4.37. The normalized spacial score (nSPS) is 37.3. The Bertz CT molecular complexity index is 909. The van der Waals surface area contributed by atoms with E-state index in [9.17, 15) is 18.0 Å². The van der Waals surface area contributed by atoms with Crippen LogP contribution in [-0.2, 0) is 9.53 Å². The molecule has 174 valence electrons. The van der Waals surface area contributed by atoms with Crippen molar-refractivity contribution in [2.75, 3.05) is 7.11 Å². The summed E-state index contributed by atoms with van der Waals surface area (Å²) < 4.78 is 47.6. The average molecular weight is 451 g/mol. The van der Waals surface area contributed by atoms with Gasteiger partial charge in [-0.2, -0.15) is 13.2 Å². The molecule has 2 saturated heterocycles. The van der Waals surface area contributed by atoms with Gasteiger partial charge in [-0.1, -0.05) is 36.8 Å². The SMILES string of the molecule is COC1CCCC2C(C3=C(C)NC4C(c5ccccc5)C(C(F)(F)F)NN4C3=O)NNC12. The van der Waals surface area contributed by atoms with Crippen LogP contribution in [-0.4, -0.2) is 54.6 Å². The number of allylic oxidation sites excluding steroid dienone is 1. The molecule has 1 aromatic carbocycles. The van der Waals surface area contributed by atoms with Crippen LogP contribution in [0.1, 0.15) is 37.7 Å². The van der Waals surface area contributed by atoms with Gasteiger partial charge in [-0.05, 0) is 31.2 Å². The monoisotopic (exact) mass is 451 g/mol. The Kier molecular flexibility index (Phi) is 5.43. The number of fused-ring (bicyclic) bond motifs is 2. The van der Waals surface area contributed by atoms with E-state index in [-0.39, 0.29) is 24.1 Å². The number of carbonyl (C=O) groups is 1. The standard InChI is InChI=1S/C22H28F3N5O2/c1-11-15(18-13-9-6-10-14(32-2)17(13)27-28-18)21(31)30-20(26-11)16(12-7-4-3-5-8-12)19(29-30)22(23,24)25/h3-5,7-8,13-14,16-20,26-29H,6,9-10H2,1-2H3. The van der Waals surface area contributed by atoms with Gasteiger partial charge in [-0.25, -0.2) is 10.9 Å². The van der Waals surface area contributed by atoms with Crippen LogP contribution >= 0.6 is 0 Å². The lowest BCUT2D eigenvalue weighted by Crippen LogP contribution is -2.57. The van der Waals surface area contributed by atoms with Crippen molar-refractivity contribution in [3.63, 3.8) is 0 Å². The zero-order valence-electron chi connectivity index (χ0n) is 17.9. The molecule has 3 aliphatic heterocycles. The summed E-state index contributed by atoms with van der Waals surface area (Å²) in [7, 11) is 1.68. The van der Waals surface area contributed by atoms with Gasteiger partial charge in [-0.3, -0.25) is 15.2 Å². The Labute approximate surface area is 184 Å². The summed E-state index contributed by atoms with van der Waals surface area (Å²) in [5.74, 6) is -1.27. The third-order valence-corrected chi connectivity index (χ3v) is 7.35. The largest absolute Gasteiger partial charge is 0.406 e. The minimum Gasteiger partial charge on any atom is -0.380 e. The summed E-state index contributed by atoms with van der Waals surface area (Å²) >= 11 is 0. The van der Waals surface area contributed by atoms with Crippen LogP contribution in [0.25, 0.3) is 0 Å². The van der Waals surface area contributed by atoms with Crippen molar-refractivity contribution < 1.29 is 22.7 Å². The molecule has 1 amide bonds. The van der Waals surface area contributed by atoms with Crippen LogP contribution in [0.5, 0.6) is 0 Å². The Balaban J connectivity index is 1.48. The van der Waals surface area contributed by atoms with Crippen LogP contribution < -0.4 is 21.6 Å². The molecular weight excluding hydrogens is 423 g/mol. The molecule has 7 atom stereocenters. The number of carbonyl (C=O) groups excluding carboxylic acids is 1. The van der Waals surface area contributed by atoms with Crippen LogP contribution in [0, 0.1) is 5.92 Å². The lowest BCUT2D eigenvalue weighted by molar-refractivity contribution is -0.161. The molecule has 3 heterocycles. The number of nitrogens with zero attached hydrogens (tertiary/aromatic N) is 1. The van der Waals surface area contributed by atoms with Gasteiger partial charge >= 0.3 is 6.18 Å². The van der Waals surface area contributed by atoms with Crippen molar-refractivity contribution >= 4 is 5.91 Å². The van der Waals surface area contributed by atoms with Gasteiger partial charge in [0.05, 0.1) is 29.7 Å². The number of nitrogens with one attached hydrogen (secondary N) is 4. The highest BCUT2D eigenvalue weighted by Gasteiger charge is 2.59. The third kappa shape index (κ3) is 3.40. The molecule has 1 aromatic rings. The number of methoxy groups -OCH3 is 1. The molecule has 7 unspecified atom stereocenters. The van der Waals surface area contributed by atoms with Gasteiger partial charge in [0.1, 0.15) is 12.2 Å². The summed E-state index contributed by atoms with van der Waals surface area (Å²) in [5.41, 5.74) is 10.6. The third-order valence-electron chi connectivity index (χ3n) is 7.35. The molecule has 5 rings (SSSR count). The first-order chi connectivity index (χ1) is 15.3. The van der Waals surface area contributed by atoms with Crippen molar-refractivity contribution in [3.8, 4) is 0 Å². The molecule has 10 heteroatoms. The number of alkyl halides is 3. The number of ether oxygens (including phenoxy) is 1. The molecule has 0 bridgehead atoms. The van der Waals surface area contributed by atoms with Crippen LogP contribution in [0.2, 0.25) is 0 Å². The van der Waals surface area contributed by atoms with E-state index < -0.39 is 30.2 Å². The predicted molar refractivity (Wildman–Crippen MR) is 111 cm³/mol. The molecule has 1 saturated carbocycles. The number of benzene rings is 1. The number of rotatable bonds is 3. The minimum atomic E-state index is -4.51. The van der Waals surface area contributed by atoms with Gasteiger partial charge in [-0.15, -0.1) is 0 Å². The second-order valence-corrected chi connectivity index (χ2v) is 9.05. The molecule has 7 nitrogen and oxygen atoms in total.